The summed E-state index contributed by atoms with van der Waals surface area (Å²) in [6.07, 6.45) is 1.60. The van der Waals surface area contributed by atoms with Gasteiger partial charge in [-0.1, -0.05) is 35.5 Å². The molecule has 1 N–H and O–H groups in total. The monoisotopic (exact) mass is 308 g/mol. The van der Waals surface area contributed by atoms with Gasteiger partial charge in [-0.2, -0.15) is 0 Å². The summed E-state index contributed by atoms with van der Waals surface area (Å²) >= 11 is 0. The van der Waals surface area contributed by atoms with Crippen LogP contribution < -0.4 is 10.2 Å². The van der Waals surface area contributed by atoms with Crippen molar-refractivity contribution < 1.29 is 9.32 Å². The fourth-order valence-corrected chi connectivity index (χ4v) is 2.04. The van der Waals surface area contributed by atoms with Crippen LogP contribution in [0.3, 0.4) is 0 Å². The lowest BCUT2D eigenvalue weighted by Gasteiger charge is -2.11. The molecule has 3 aromatic rings. The van der Waals surface area contributed by atoms with Crippen LogP contribution in [0.1, 0.15) is 10.6 Å². The maximum atomic E-state index is 12.2. The summed E-state index contributed by atoms with van der Waals surface area (Å²) in [5.41, 5.74) is 2.11. The van der Waals surface area contributed by atoms with Gasteiger partial charge in [-0.15, -0.1) is 0 Å². The van der Waals surface area contributed by atoms with Crippen molar-refractivity contribution in [2.45, 2.75) is 0 Å². The third kappa shape index (κ3) is 3.37. The Balaban J connectivity index is 1.72. The molecule has 0 saturated carbocycles. The first-order valence-corrected chi connectivity index (χ1v) is 7.10. The van der Waals surface area contributed by atoms with E-state index in [9.17, 15) is 4.79 Å². The SMILES string of the molecule is CN(C)c1ccc(NC(=O)c2cc(-c3ccccc3)no2)cn1. The van der Waals surface area contributed by atoms with Crippen LogP contribution in [0.25, 0.3) is 11.3 Å². The number of hydrogen-bond donors (Lipinski definition) is 1. The van der Waals surface area contributed by atoms with E-state index >= 15 is 0 Å². The van der Waals surface area contributed by atoms with Gasteiger partial charge in [0.25, 0.3) is 5.91 Å². The molecule has 0 bridgehead atoms. The average Bonchev–Trinajstić information content (AvgIpc) is 3.06. The van der Waals surface area contributed by atoms with E-state index in [4.69, 9.17) is 4.52 Å². The topological polar surface area (TPSA) is 71.3 Å². The van der Waals surface area contributed by atoms with Crippen molar-refractivity contribution in [2.75, 3.05) is 24.3 Å². The second-order valence-corrected chi connectivity index (χ2v) is 5.20. The molecule has 0 atom stereocenters. The number of carbonyl (C=O) groups is 1. The first-order chi connectivity index (χ1) is 11.1. The zero-order valence-corrected chi connectivity index (χ0v) is 12.9. The molecule has 2 heterocycles. The van der Waals surface area contributed by atoms with E-state index < -0.39 is 0 Å². The van der Waals surface area contributed by atoms with Crippen LogP contribution in [0.5, 0.6) is 0 Å². The van der Waals surface area contributed by atoms with Crippen LogP contribution in [0.4, 0.5) is 11.5 Å². The van der Waals surface area contributed by atoms with Crippen LogP contribution in [-0.2, 0) is 0 Å². The van der Waals surface area contributed by atoms with Gasteiger partial charge in [0.2, 0.25) is 5.76 Å². The van der Waals surface area contributed by atoms with E-state index in [0.29, 0.717) is 11.4 Å². The van der Waals surface area contributed by atoms with Gasteiger partial charge in [0.15, 0.2) is 0 Å². The standard InChI is InChI=1S/C17H16N4O2/c1-21(2)16-9-8-13(11-18-16)19-17(22)15-10-14(20-23-15)12-6-4-3-5-7-12/h3-11H,1-2H3,(H,19,22). The lowest BCUT2D eigenvalue weighted by molar-refractivity contribution is 0.0988. The summed E-state index contributed by atoms with van der Waals surface area (Å²) in [6, 6.07) is 14.8. The number of hydrogen-bond acceptors (Lipinski definition) is 5. The van der Waals surface area contributed by atoms with Crippen molar-refractivity contribution in [2.24, 2.45) is 0 Å². The van der Waals surface area contributed by atoms with Gasteiger partial charge in [0, 0.05) is 25.7 Å². The number of nitrogens with one attached hydrogen (secondary N) is 1. The molecule has 116 valence electrons. The van der Waals surface area contributed by atoms with Crippen molar-refractivity contribution in [3.8, 4) is 11.3 Å². The van der Waals surface area contributed by atoms with Crippen molar-refractivity contribution in [1.29, 1.82) is 0 Å². The third-order valence-corrected chi connectivity index (χ3v) is 3.27. The molecule has 2 aromatic heterocycles. The molecule has 0 aliphatic rings. The van der Waals surface area contributed by atoms with Gasteiger partial charge in [-0.05, 0) is 12.1 Å². The minimum atomic E-state index is -0.362. The molecule has 0 radical (unpaired) electrons. The highest BCUT2D eigenvalue weighted by atomic mass is 16.5. The van der Waals surface area contributed by atoms with Crippen molar-refractivity contribution in [3.63, 3.8) is 0 Å². The number of pyridine rings is 1. The number of benzene rings is 1. The van der Waals surface area contributed by atoms with E-state index in [2.05, 4.69) is 15.5 Å². The second kappa shape index (κ2) is 6.31. The van der Waals surface area contributed by atoms with Crippen molar-refractivity contribution >= 4 is 17.4 Å². The van der Waals surface area contributed by atoms with Gasteiger partial charge in [-0.25, -0.2) is 4.98 Å². The van der Waals surface area contributed by atoms with Gasteiger partial charge < -0.3 is 14.7 Å². The van der Waals surface area contributed by atoms with Gasteiger partial charge in [0.1, 0.15) is 11.5 Å². The normalized spacial score (nSPS) is 10.3. The number of anilines is 2. The van der Waals surface area contributed by atoms with Crippen LogP contribution in [0.15, 0.2) is 59.3 Å². The molecule has 0 unspecified atom stereocenters. The Morgan fingerprint density at radius 2 is 1.91 bits per heavy atom. The Labute approximate surface area is 133 Å². The van der Waals surface area contributed by atoms with Gasteiger partial charge in [-0.3, -0.25) is 4.79 Å². The Hall–Kier alpha value is -3.15. The zero-order valence-electron chi connectivity index (χ0n) is 12.9. The molecule has 0 spiro atoms. The fraction of sp³-hybridized carbons (Fsp3) is 0.118. The summed E-state index contributed by atoms with van der Waals surface area (Å²) in [7, 11) is 3.81. The van der Waals surface area contributed by atoms with Gasteiger partial charge >= 0.3 is 0 Å². The van der Waals surface area contributed by atoms with E-state index in [1.807, 2.05) is 55.4 Å². The summed E-state index contributed by atoms with van der Waals surface area (Å²) in [5.74, 6) is 0.605. The smallest absolute Gasteiger partial charge is 0.294 e. The Morgan fingerprint density at radius 3 is 2.57 bits per heavy atom. The van der Waals surface area contributed by atoms with E-state index in [1.165, 1.54) is 0 Å². The molecule has 0 fully saturated rings. The third-order valence-electron chi connectivity index (χ3n) is 3.27. The Kier molecular flexibility index (Phi) is 4.05. The average molecular weight is 308 g/mol. The number of aromatic nitrogens is 2. The van der Waals surface area contributed by atoms with Crippen LogP contribution in [0, 0.1) is 0 Å². The zero-order chi connectivity index (χ0) is 16.2. The van der Waals surface area contributed by atoms with Crippen LogP contribution in [-0.4, -0.2) is 30.1 Å². The number of nitrogens with zero attached hydrogens (tertiary/aromatic N) is 3. The fourth-order valence-electron chi connectivity index (χ4n) is 2.04. The highest BCUT2D eigenvalue weighted by Gasteiger charge is 2.14. The van der Waals surface area contributed by atoms with E-state index in [0.717, 1.165) is 11.4 Å². The first-order valence-electron chi connectivity index (χ1n) is 7.10. The molecular weight excluding hydrogens is 292 g/mol. The molecule has 0 aliphatic heterocycles. The maximum Gasteiger partial charge on any atom is 0.294 e. The molecule has 6 nitrogen and oxygen atoms in total. The minimum absolute atomic E-state index is 0.153. The summed E-state index contributed by atoms with van der Waals surface area (Å²) in [6.45, 7) is 0. The largest absolute Gasteiger partial charge is 0.363 e. The molecule has 1 aromatic carbocycles. The maximum absolute atomic E-state index is 12.2. The summed E-state index contributed by atoms with van der Waals surface area (Å²) < 4.78 is 5.12. The molecule has 1 amide bonds. The quantitative estimate of drug-likeness (QED) is 0.802. The van der Waals surface area contributed by atoms with Crippen molar-refractivity contribution in [1.82, 2.24) is 10.1 Å². The summed E-state index contributed by atoms with van der Waals surface area (Å²) in [5, 5.41) is 6.66. The highest BCUT2D eigenvalue weighted by molar-refractivity contribution is 6.02. The van der Waals surface area contributed by atoms with Crippen LogP contribution in [0.2, 0.25) is 0 Å². The molecular formula is C17H16N4O2. The number of amides is 1. The number of rotatable bonds is 4. The molecule has 0 aliphatic carbocycles. The van der Waals surface area contributed by atoms with Gasteiger partial charge in [0.05, 0.1) is 11.9 Å². The van der Waals surface area contributed by atoms with Crippen LogP contribution >= 0.6 is 0 Å². The predicted octanol–water partition coefficient (Wildman–Crippen LogP) is 3.05. The second-order valence-electron chi connectivity index (χ2n) is 5.20. The Morgan fingerprint density at radius 1 is 1.13 bits per heavy atom. The molecule has 3 rings (SSSR count). The number of carbonyl (C=O) groups excluding carboxylic acids is 1. The minimum Gasteiger partial charge on any atom is -0.363 e. The van der Waals surface area contributed by atoms with E-state index in [1.54, 1.807) is 18.3 Å². The lowest BCUT2D eigenvalue weighted by Crippen LogP contribution is -2.13. The highest BCUT2D eigenvalue weighted by Crippen LogP contribution is 2.19. The summed E-state index contributed by atoms with van der Waals surface area (Å²) in [4.78, 5) is 18.3. The first kappa shape index (κ1) is 14.8. The molecule has 23 heavy (non-hydrogen) atoms. The molecule has 6 heteroatoms. The Bertz CT molecular complexity index is 795. The van der Waals surface area contributed by atoms with E-state index in [-0.39, 0.29) is 11.7 Å². The molecule has 0 saturated heterocycles. The van der Waals surface area contributed by atoms with Crippen molar-refractivity contribution in [3.05, 3.63) is 60.5 Å². The predicted molar refractivity (Wildman–Crippen MR) is 88.5 cm³/mol. The lowest BCUT2D eigenvalue weighted by atomic mass is 10.1.